The summed E-state index contributed by atoms with van der Waals surface area (Å²) in [4.78, 5) is 24.1. The van der Waals surface area contributed by atoms with Crippen LogP contribution in [0.5, 0.6) is 0 Å². The Labute approximate surface area is 200 Å². The predicted octanol–water partition coefficient (Wildman–Crippen LogP) is 6.49. The molecule has 0 bridgehead atoms. The molecule has 0 fully saturated rings. The van der Waals surface area contributed by atoms with Gasteiger partial charge in [-0.1, -0.05) is 112 Å². The first kappa shape index (κ1) is 26.0. The maximum atomic E-state index is 12.0. The zero-order valence-electron chi connectivity index (χ0n) is 18.9. The Morgan fingerprint density at radius 1 is 0.719 bits per heavy atom. The molecule has 2 rings (SSSR count). The van der Waals surface area contributed by atoms with Gasteiger partial charge in [-0.15, -0.1) is 0 Å². The van der Waals surface area contributed by atoms with E-state index >= 15 is 0 Å². The second kappa shape index (κ2) is 11.5. The van der Waals surface area contributed by atoms with E-state index in [-0.39, 0.29) is 10.8 Å². The van der Waals surface area contributed by atoms with Crippen molar-refractivity contribution in [2.75, 3.05) is 0 Å². The molecule has 4 nitrogen and oxygen atoms in total. The van der Waals surface area contributed by atoms with E-state index in [1.165, 1.54) is 0 Å². The summed E-state index contributed by atoms with van der Waals surface area (Å²) >= 11 is 12.5. The molecule has 0 radical (unpaired) electrons. The zero-order chi connectivity index (χ0) is 23.8. The standard InChI is InChI=1S/C26H30Cl2O4/c1-25(2,19-11-7-5-8-12-19)17-21(27)31-23(29)15-16-24(30)32-22(28)18-26(3,4)20-13-9-6-10-14-20/h5-16,21-22H,17-18H2,1-4H3/b16-15-. The van der Waals surface area contributed by atoms with Crippen LogP contribution in [0.4, 0.5) is 0 Å². The van der Waals surface area contributed by atoms with Gasteiger partial charge in [0.05, 0.1) is 0 Å². The summed E-state index contributed by atoms with van der Waals surface area (Å²) in [5.74, 6) is -1.44. The Morgan fingerprint density at radius 2 is 1.03 bits per heavy atom. The van der Waals surface area contributed by atoms with Gasteiger partial charge in [-0.05, 0) is 22.0 Å². The number of rotatable bonds is 10. The van der Waals surface area contributed by atoms with Crippen molar-refractivity contribution in [3.05, 3.63) is 83.9 Å². The molecule has 0 aliphatic rings. The van der Waals surface area contributed by atoms with Gasteiger partial charge in [0.25, 0.3) is 0 Å². The summed E-state index contributed by atoms with van der Waals surface area (Å²) in [6.07, 6.45) is 2.83. The molecule has 6 heteroatoms. The maximum Gasteiger partial charge on any atom is 0.332 e. The molecule has 0 aliphatic carbocycles. The van der Waals surface area contributed by atoms with Crippen molar-refractivity contribution in [2.45, 2.75) is 62.5 Å². The van der Waals surface area contributed by atoms with Crippen molar-refractivity contribution in [1.82, 2.24) is 0 Å². The minimum atomic E-state index is -0.842. The molecular weight excluding hydrogens is 447 g/mol. The largest absolute Gasteiger partial charge is 0.443 e. The van der Waals surface area contributed by atoms with Crippen LogP contribution in [0.1, 0.15) is 51.7 Å². The van der Waals surface area contributed by atoms with Crippen LogP contribution in [-0.2, 0) is 29.9 Å². The van der Waals surface area contributed by atoms with E-state index in [0.29, 0.717) is 12.8 Å². The summed E-state index contributed by atoms with van der Waals surface area (Å²) in [7, 11) is 0. The van der Waals surface area contributed by atoms with E-state index in [1.807, 2.05) is 88.4 Å². The average molecular weight is 477 g/mol. The minimum absolute atomic E-state index is 0.284. The number of carbonyl (C=O) groups is 2. The Balaban J connectivity index is 1.82. The summed E-state index contributed by atoms with van der Waals surface area (Å²) in [6.45, 7) is 8.10. The third kappa shape index (κ3) is 8.33. The molecule has 0 N–H and O–H groups in total. The average Bonchev–Trinajstić information content (AvgIpc) is 2.72. The van der Waals surface area contributed by atoms with Crippen LogP contribution >= 0.6 is 23.2 Å². The lowest BCUT2D eigenvalue weighted by Crippen LogP contribution is -2.25. The van der Waals surface area contributed by atoms with Crippen molar-refractivity contribution in [1.29, 1.82) is 0 Å². The van der Waals surface area contributed by atoms with Gasteiger partial charge in [-0.25, -0.2) is 9.59 Å². The predicted molar refractivity (Wildman–Crippen MR) is 129 cm³/mol. The second-order valence-corrected chi connectivity index (χ2v) is 9.91. The van der Waals surface area contributed by atoms with Gasteiger partial charge < -0.3 is 9.47 Å². The second-order valence-electron chi connectivity index (χ2n) is 8.94. The molecule has 0 heterocycles. The van der Waals surface area contributed by atoms with E-state index in [2.05, 4.69) is 0 Å². The monoisotopic (exact) mass is 476 g/mol. The van der Waals surface area contributed by atoms with Gasteiger partial charge in [-0.3, -0.25) is 0 Å². The van der Waals surface area contributed by atoms with E-state index in [1.54, 1.807) is 0 Å². The van der Waals surface area contributed by atoms with Crippen LogP contribution in [0.3, 0.4) is 0 Å². The molecule has 0 saturated heterocycles. The number of halogens is 2. The highest BCUT2D eigenvalue weighted by Gasteiger charge is 2.27. The molecule has 0 aromatic heterocycles. The number of benzene rings is 2. The summed E-state index contributed by atoms with van der Waals surface area (Å²) in [5, 5.41) is 0. The first-order valence-electron chi connectivity index (χ1n) is 10.5. The normalized spacial score (nSPS) is 14.1. The molecule has 0 amide bonds. The van der Waals surface area contributed by atoms with Crippen molar-refractivity contribution >= 4 is 35.1 Å². The van der Waals surface area contributed by atoms with Gasteiger partial charge >= 0.3 is 11.9 Å². The fraction of sp³-hybridized carbons (Fsp3) is 0.385. The van der Waals surface area contributed by atoms with Crippen molar-refractivity contribution < 1.29 is 19.1 Å². The van der Waals surface area contributed by atoms with Gasteiger partial charge in [0, 0.05) is 25.0 Å². The minimum Gasteiger partial charge on any atom is -0.443 e. The smallest absolute Gasteiger partial charge is 0.332 e. The summed E-state index contributed by atoms with van der Waals surface area (Å²) in [6, 6.07) is 19.7. The lowest BCUT2D eigenvalue weighted by atomic mass is 9.82. The van der Waals surface area contributed by atoms with Crippen LogP contribution in [-0.4, -0.2) is 23.1 Å². The van der Waals surface area contributed by atoms with Crippen LogP contribution in [0.15, 0.2) is 72.8 Å². The Morgan fingerprint density at radius 3 is 1.34 bits per heavy atom. The number of hydrogen-bond acceptors (Lipinski definition) is 4. The van der Waals surface area contributed by atoms with E-state index in [4.69, 9.17) is 32.7 Å². The maximum absolute atomic E-state index is 12.0. The topological polar surface area (TPSA) is 52.6 Å². The number of hydrogen-bond donors (Lipinski definition) is 0. The fourth-order valence-electron chi connectivity index (χ4n) is 3.37. The molecular formula is C26H30Cl2O4. The SMILES string of the molecule is CC(C)(CC(Cl)OC(=O)/C=C\C(=O)OC(Cl)CC(C)(C)c1ccccc1)c1ccccc1. The molecule has 0 spiro atoms. The van der Waals surface area contributed by atoms with Gasteiger partial charge in [0.1, 0.15) is 0 Å². The first-order chi connectivity index (χ1) is 15.0. The molecule has 0 saturated carbocycles. The van der Waals surface area contributed by atoms with Crippen molar-refractivity contribution in [3.63, 3.8) is 0 Å². The highest BCUT2D eigenvalue weighted by atomic mass is 35.5. The van der Waals surface area contributed by atoms with Crippen molar-refractivity contribution in [2.24, 2.45) is 0 Å². The third-order valence-corrected chi connectivity index (χ3v) is 5.78. The Hall–Kier alpha value is -2.30. The highest BCUT2D eigenvalue weighted by Crippen LogP contribution is 2.31. The molecule has 2 atom stereocenters. The number of ether oxygens (including phenoxy) is 2. The summed E-state index contributed by atoms with van der Waals surface area (Å²) in [5.41, 5.74) is -0.0707. The lowest BCUT2D eigenvalue weighted by molar-refractivity contribution is -0.142. The van der Waals surface area contributed by atoms with Crippen LogP contribution in [0.2, 0.25) is 0 Å². The lowest BCUT2D eigenvalue weighted by Gasteiger charge is -2.27. The Bertz CT molecular complexity index is 832. The van der Waals surface area contributed by atoms with E-state index in [0.717, 1.165) is 23.3 Å². The van der Waals surface area contributed by atoms with Gasteiger partial charge in [0.2, 0.25) is 0 Å². The van der Waals surface area contributed by atoms with Crippen LogP contribution in [0.25, 0.3) is 0 Å². The van der Waals surface area contributed by atoms with Gasteiger partial charge in [0.15, 0.2) is 11.1 Å². The molecule has 0 aliphatic heterocycles. The van der Waals surface area contributed by atoms with E-state index < -0.39 is 23.1 Å². The number of esters is 2. The molecule has 2 aromatic rings. The quantitative estimate of drug-likeness (QED) is 0.223. The third-order valence-electron chi connectivity index (χ3n) is 5.30. The molecule has 172 valence electrons. The zero-order valence-corrected chi connectivity index (χ0v) is 20.4. The number of carbonyl (C=O) groups excluding carboxylic acids is 2. The Kier molecular flexibility index (Phi) is 9.35. The first-order valence-corrected chi connectivity index (χ1v) is 11.4. The van der Waals surface area contributed by atoms with Crippen LogP contribution in [0, 0.1) is 0 Å². The highest BCUT2D eigenvalue weighted by molar-refractivity contribution is 6.20. The fourth-order valence-corrected chi connectivity index (χ4v) is 4.31. The van der Waals surface area contributed by atoms with Crippen molar-refractivity contribution in [3.8, 4) is 0 Å². The molecule has 2 aromatic carbocycles. The van der Waals surface area contributed by atoms with E-state index in [9.17, 15) is 9.59 Å². The summed E-state index contributed by atoms with van der Waals surface area (Å²) < 4.78 is 10.4. The molecule has 2 unspecified atom stereocenters. The molecule has 32 heavy (non-hydrogen) atoms. The number of alkyl halides is 2. The van der Waals surface area contributed by atoms with Gasteiger partial charge in [-0.2, -0.15) is 0 Å². The van der Waals surface area contributed by atoms with Crippen LogP contribution < -0.4 is 0 Å².